The van der Waals surface area contributed by atoms with Crippen LogP contribution in [0.2, 0.25) is 0 Å². The Morgan fingerprint density at radius 3 is 2.35 bits per heavy atom. The maximum absolute atomic E-state index is 11.6. The third kappa shape index (κ3) is 2.90. The molecule has 17 heavy (non-hydrogen) atoms. The molecule has 0 saturated heterocycles. The molecule has 2 aliphatic rings. The molecule has 0 aliphatic heterocycles. The van der Waals surface area contributed by atoms with Gasteiger partial charge in [-0.25, -0.2) is 4.79 Å². The molecule has 2 rings (SSSR count). The van der Waals surface area contributed by atoms with Gasteiger partial charge in [0.1, 0.15) is 0 Å². The van der Waals surface area contributed by atoms with Crippen LogP contribution in [0.5, 0.6) is 0 Å². The number of rotatable bonds is 3. The molecule has 0 aromatic rings. The first-order chi connectivity index (χ1) is 7.88. The van der Waals surface area contributed by atoms with Crippen molar-refractivity contribution in [2.75, 3.05) is 0 Å². The smallest absolute Gasteiger partial charge is 0.315 e. The molecule has 0 heterocycles. The summed E-state index contributed by atoms with van der Waals surface area (Å²) in [4.78, 5) is 22.4. The topological polar surface area (TPSA) is 78.4 Å². The Bertz CT molecular complexity index is 341. The Kier molecular flexibility index (Phi) is 3.02. The zero-order valence-corrected chi connectivity index (χ0v) is 10.3. The zero-order valence-electron chi connectivity index (χ0n) is 10.3. The average molecular weight is 240 g/mol. The molecule has 1 unspecified atom stereocenters. The summed E-state index contributed by atoms with van der Waals surface area (Å²) >= 11 is 0. The number of hydrogen-bond acceptors (Lipinski definition) is 2. The second-order valence-electron chi connectivity index (χ2n) is 5.91. The summed E-state index contributed by atoms with van der Waals surface area (Å²) in [7, 11) is 0. The van der Waals surface area contributed by atoms with Crippen molar-refractivity contribution in [3.8, 4) is 0 Å². The van der Waals surface area contributed by atoms with Crippen molar-refractivity contribution in [3.63, 3.8) is 0 Å². The van der Waals surface area contributed by atoms with E-state index < -0.39 is 5.97 Å². The highest BCUT2D eigenvalue weighted by molar-refractivity contribution is 5.75. The molecule has 2 amide bonds. The number of carbonyl (C=O) groups excluding carboxylic acids is 1. The van der Waals surface area contributed by atoms with E-state index in [1.165, 1.54) is 0 Å². The van der Waals surface area contributed by atoms with E-state index in [-0.39, 0.29) is 29.4 Å². The Morgan fingerprint density at radius 2 is 1.88 bits per heavy atom. The normalized spacial score (nSPS) is 34.1. The lowest BCUT2D eigenvalue weighted by atomic mass is 10.1. The summed E-state index contributed by atoms with van der Waals surface area (Å²) in [5.74, 6) is -1.05. The lowest BCUT2D eigenvalue weighted by Crippen LogP contribution is -2.43. The number of carboxylic acids is 1. The number of aliphatic carboxylic acids is 1. The lowest BCUT2D eigenvalue weighted by molar-refractivity contribution is -0.141. The number of nitrogens with one attached hydrogen (secondary N) is 2. The second kappa shape index (κ2) is 4.20. The van der Waals surface area contributed by atoms with Crippen molar-refractivity contribution in [1.82, 2.24) is 10.6 Å². The van der Waals surface area contributed by atoms with Crippen molar-refractivity contribution in [2.45, 2.75) is 51.6 Å². The fourth-order valence-corrected chi connectivity index (χ4v) is 2.44. The van der Waals surface area contributed by atoms with Gasteiger partial charge in [-0.1, -0.05) is 13.8 Å². The fraction of sp³-hybridized carbons (Fsp3) is 0.833. The molecule has 0 aromatic carbocycles. The predicted molar refractivity (Wildman–Crippen MR) is 62.6 cm³/mol. The summed E-state index contributed by atoms with van der Waals surface area (Å²) in [5.41, 5.74) is 0.219. The number of carbonyl (C=O) groups is 2. The molecule has 3 atom stereocenters. The van der Waals surface area contributed by atoms with Gasteiger partial charge >= 0.3 is 12.0 Å². The van der Waals surface area contributed by atoms with Crippen LogP contribution in [0.3, 0.4) is 0 Å². The summed E-state index contributed by atoms with van der Waals surface area (Å²) in [6.45, 7) is 4.24. The lowest BCUT2D eigenvalue weighted by Gasteiger charge is -2.14. The van der Waals surface area contributed by atoms with E-state index in [9.17, 15) is 9.59 Å². The molecule has 2 aliphatic carbocycles. The van der Waals surface area contributed by atoms with E-state index in [1.807, 2.05) is 0 Å². The number of urea groups is 1. The maximum atomic E-state index is 11.6. The Hall–Kier alpha value is -1.26. The van der Waals surface area contributed by atoms with E-state index in [2.05, 4.69) is 24.5 Å². The minimum atomic E-state index is -0.752. The van der Waals surface area contributed by atoms with Crippen molar-refractivity contribution in [1.29, 1.82) is 0 Å². The van der Waals surface area contributed by atoms with Crippen molar-refractivity contribution >= 4 is 12.0 Å². The molecular formula is C12H20N2O3. The highest BCUT2D eigenvalue weighted by Crippen LogP contribution is 2.44. The minimum absolute atomic E-state index is 0.0120. The third-order valence-electron chi connectivity index (χ3n) is 3.94. The molecule has 0 bridgehead atoms. The Labute approximate surface area is 101 Å². The molecule has 0 spiro atoms. The van der Waals surface area contributed by atoms with Crippen molar-refractivity contribution in [2.24, 2.45) is 11.3 Å². The molecule has 5 heteroatoms. The fourth-order valence-electron chi connectivity index (χ4n) is 2.44. The van der Waals surface area contributed by atoms with Gasteiger partial charge in [0.05, 0.1) is 5.92 Å². The van der Waals surface area contributed by atoms with Gasteiger partial charge in [0, 0.05) is 12.1 Å². The minimum Gasteiger partial charge on any atom is -0.481 e. The average Bonchev–Trinajstić information content (AvgIpc) is 2.63. The van der Waals surface area contributed by atoms with Gasteiger partial charge in [-0.2, -0.15) is 0 Å². The monoisotopic (exact) mass is 240 g/mol. The highest BCUT2D eigenvalue weighted by atomic mass is 16.4. The van der Waals surface area contributed by atoms with Gasteiger partial charge in [0.15, 0.2) is 0 Å². The summed E-state index contributed by atoms with van der Waals surface area (Å²) in [6.07, 6.45) is 2.99. The molecule has 96 valence electrons. The van der Waals surface area contributed by atoms with Crippen LogP contribution in [0.1, 0.15) is 39.5 Å². The molecule has 0 radical (unpaired) electrons. The zero-order chi connectivity index (χ0) is 12.6. The SMILES string of the molecule is CC1(C)CC1NC(=O)N[C@H]1CC[C@@H](C(=O)O)C1. The molecule has 3 N–H and O–H groups in total. The number of carboxylic acid groups (broad SMARTS) is 1. The summed E-state index contributed by atoms with van der Waals surface area (Å²) in [6, 6.07) is 0.119. The van der Waals surface area contributed by atoms with Gasteiger partial charge in [0.25, 0.3) is 0 Å². The first-order valence-electron chi connectivity index (χ1n) is 6.18. The van der Waals surface area contributed by atoms with Crippen LogP contribution in [0.15, 0.2) is 0 Å². The van der Waals surface area contributed by atoms with Gasteiger partial charge < -0.3 is 15.7 Å². The molecule has 2 fully saturated rings. The molecule has 5 nitrogen and oxygen atoms in total. The van der Waals surface area contributed by atoms with Crippen LogP contribution in [-0.2, 0) is 4.79 Å². The first kappa shape index (κ1) is 12.2. The van der Waals surface area contributed by atoms with E-state index >= 15 is 0 Å². The van der Waals surface area contributed by atoms with Crippen molar-refractivity contribution in [3.05, 3.63) is 0 Å². The maximum Gasteiger partial charge on any atom is 0.315 e. The van der Waals surface area contributed by atoms with Crippen molar-refractivity contribution < 1.29 is 14.7 Å². The van der Waals surface area contributed by atoms with E-state index in [0.717, 1.165) is 12.8 Å². The van der Waals surface area contributed by atoms with Crippen LogP contribution in [-0.4, -0.2) is 29.2 Å². The van der Waals surface area contributed by atoms with Crippen LogP contribution in [0, 0.1) is 11.3 Å². The van der Waals surface area contributed by atoms with Crippen LogP contribution in [0.4, 0.5) is 4.79 Å². The van der Waals surface area contributed by atoms with Gasteiger partial charge in [0.2, 0.25) is 0 Å². The molecular weight excluding hydrogens is 220 g/mol. The van der Waals surface area contributed by atoms with Gasteiger partial charge in [-0.3, -0.25) is 4.79 Å². The predicted octanol–water partition coefficient (Wildman–Crippen LogP) is 1.34. The van der Waals surface area contributed by atoms with Crippen LogP contribution in [0.25, 0.3) is 0 Å². The molecule has 0 aromatic heterocycles. The standard InChI is InChI=1S/C12H20N2O3/c1-12(2)6-9(12)14-11(17)13-8-4-3-7(5-8)10(15)16/h7-9H,3-6H2,1-2H3,(H,15,16)(H2,13,14,17)/t7-,8+,9?/m1/s1. The summed E-state index contributed by atoms with van der Waals surface area (Å²) < 4.78 is 0. The third-order valence-corrected chi connectivity index (χ3v) is 3.94. The van der Waals surface area contributed by atoms with Crippen LogP contribution < -0.4 is 10.6 Å². The van der Waals surface area contributed by atoms with E-state index in [1.54, 1.807) is 0 Å². The Balaban J connectivity index is 1.71. The number of amides is 2. The first-order valence-corrected chi connectivity index (χ1v) is 6.18. The van der Waals surface area contributed by atoms with E-state index in [4.69, 9.17) is 5.11 Å². The summed E-state index contributed by atoms with van der Waals surface area (Å²) in [5, 5.41) is 14.6. The quantitative estimate of drug-likeness (QED) is 0.696. The molecule has 2 saturated carbocycles. The second-order valence-corrected chi connectivity index (χ2v) is 5.91. The Morgan fingerprint density at radius 1 is 1.24 bits per heavy atom. The number of hydrogen-bond donors (Lipinski definition) is 3. The van der Waals surface area contributed by atoms with Gasteiger partial charge in [-0.15, -0.1) is 0 Å². The highest BCUT2D eigenvalue weighted by Gasteiger charge is 2.46. The largest absolute Gasteiger partial charge is 0.481 e. The van der Waals surface area contributed by atoms with Crippen LogP contribution >= 0.6 is 0 Å². The van der Waals surface area contributed by atoms with Gasteiger partial charge in [-0.05, 0) is 31.1 Å². The van der Waals surface area contributed by atoms with E-state index in [0.29, 0.717) is 12.8 Å².